The van der Waals surface area contributed by atoms with Crippen molar-refractivity contribution in [1.82, 2.24) is 0 Å². The highest BCUT2D eigenvalue weighted by Crippen LogP contribution is 2.49. The topological polar surface area (TPSA) is 89.7 Å². The van der Waals surface area contributed by atoms with Gasteiger partial charge in [0.2, 0.25) is 5.75 Å². The molecular weight excluding hydrogens is 318 g/mol. The van der Waals surface area contributed by atoms with Crippen LogP contribution in [0.2, 0.25) is 0 Å². The molecule has 0 saturated heterocycles. The fourth-order valence-corrected chi connectivity index (χ4v) is 2.35. The zero-order chi connectivity index (χ0) is 14.0. The van der Waals surface area contributed by atoms with Crippen molar-refractivity contribution >= 4 is 27.6 Å². The van der Waals surface area contributed by atoms with Crippen LogP contribution in [-0.2, 0) is 4.79 Å². The van der Waals surface area contributed by atoms with Crippen molar-refractivity contribution in [1.29, 1.82) is 0 Å². The predicted octanol–water partition coefficient (Wildman–Crippen LogP) is 2.99. The van der Waals surface area contributed by atoms with Crippen LogP contribution in [0, 0.1) is 15.5 Å². The largest absolute Gasteiger partial charge is 0.485 e. The molecule has 0 spiro atoms. The molecule has 1 fully saturated rings. The van der Waals surface area contributed by atoms with Gasteiger partial charge in [-0.2, -0.15) is 0 Å². The number of nitrogens with zero attached hydrogens (tertiary/aromatic N) is 1. The van der Waals surface area contributed by atoms with E-state index in [0.717, 1.165) is 12.8 Å². The molecule has 0 radical (unpaired) electrons. The van der Waals surface area contributed by atoms with E-state index in [2.05, 4.69) is 15.9 Å². The summed E-state index contributed by atoms with van der Waals surface area (Å²) in [7, 11) is 0. The number of aliphatic carboxylic acids is 1. The highest BCUT2D eigenvalue weighted by Gasteiger charge is 2.45. The Morgan fingerprint density at radius 3 is 2.74 bits per heavy atom. The van der Waals surface area contributed by atoms with E-state index >= 15 is 0 Å². The van der Waals surface area contributed by atoms with Crippen LogP contribution < -0.4 is 4.74 Å². The molecule has 6 nitrogen and oxygen atoms in total. The molecule has 102 valence electrons. The zero-order valence-electron chi connectivity index (χ0n) is 9.97. The molecule has 0 unspecified atom stereocenters. The number of carboxylic acids is 1. The number of para-hydroxylation sites is 1. The lowest BCUT2D eigenvalue weighted by molar-refractivity contribution is -0.386. The first-order valence-electron chi connectivity index (χ1n) is 5.71. The third kappa shape index (κ3) is 3.23. The standard InChI is InChI=1S/C12H12BrNO5/c13-8-2-1-3-9(14(17)18)11(8)19-7-12(4-5-12)6-10(15)16/h1-3H,4-7H2,(H,15,16). The first kappa shape index (κ1) is 13.8. The summed E-state index contributed by atoms with van der Waals surface area (Å²) in [4.78, 5) is 21.1. The van der Waals surface area contributed by atoms with Crippen molar-refractivity contribution in [3.8, 4) is 5.75 Å². The minimum absolute atomic E-state index is 0.0330. The molecule has 0 atom stereocenters. The van der Waals surface area contributed by atoms with Gasteiger partial charge in [0.1, 0.15) is 0 Å². The monoisotopic (exact) mass is 329 g/mol. The summed E-state index contributed by atoms with van der Waals surface area (Å²) in [5, 5.41) is 19.7. The van der Waals surface area contributed by atoms with Gasteiger partial charge in [-0.3, -0.25) is 14.9 Å². The number of rotatable bonds is 6. The van der Waals surface area contributed by atoms with E-state index in [9.17, 15) is 14.9 Å². The van der Waals surface area contributed by atoms with Crippen LogP contribution in [0.15, 0.2) is 22.7 Å². The van der Waals surface area contributed by atoms with Crippen molar-refractivity contribution < 1.29 is 19.6 Å². The van der Waals surface area contributed by atoms with Crippen molar-refractivity contribution in [2.45, 2.75) is 19.3 Å². The minimum Gasteiger partial charge on any atom is -0.485 e. The fraction of sp³-hybridized carbons (Fsp3) is 0.417. The van der Waals surface area contributed by atoms with Crippen molar-refractivity contribution in [3.05, 3.63) is 32.8 Å². The number of carbonyl (C=O) groups is 1. The lowest BCUT2D eigenvalue weighted by Gasteiger charge is -2.14. The molecule has 1 N–H and O–H groups in total. The maximum atomic E-state index is 10.9. The molecule has 19 heavy (non-hydrogen) atoms. The number of carboxylic acid groups (broad SMARTS) is 1. The Morgan fingerprint density at radius 1 is 1.53 bits per heavy atom. The van der Waals surface area contributed by atoms with E-state index < -0.39 is 10.9 Å². The average molecular weight is 330 g/mol. The van der Waals surface area contributed by atoms with Crippen molar-refractivity contribution in [2.75, 3.05) is 6.61 Å². The van der Waals surface area contributed by atoms with E-state index in [1.54, 1.807) is 12.1 Å². The molecule has 0 aromatic heterocycles. The Balaban J connectivity index is 2.12. The maximum absolute atomic E-state index is 10.9. The first-order valence-corrected chi connectivity index (χ1v) is 6.50. The van der Waals surface area contributed by atoms with Crippen LogP contribution in [0.25, 0.3) is 0 Å². The second kappa shape index (κ2) is 5.16. The van der Waals surface area contributed by atoms with E-state index in [1.807, 2.05) is 0 Å². The Hall–Kier alpha value is -1.63. The molecule has 0 heterocycles. The van der Waals surface area contributed by atoms with Gasteiger partial charge in [0.05, 0.1) is 22.4 Å². The van der Waals surface area contributed by atoms with Gasteiger partial charge < -0.3 is 9.84 Å². The Morgan fingerprint density at radius 2 is 2.21 bits per heavy atom. The van der Waals surface area contributed by atoms with E-state index in [0.29, 0.717) is 4.47 Å². The predicted molar refractivity (Wildman–Crippen MR) is 70.2 cm³/mol. The van der Waals surface area contributed by atoms with Crippen molar-refractivity contribution in [3.63, 3.8) is 0 Å². The Labute approximate surface area is 117 Å². The zero-order valence-corrected chi connectivity index (χ0v) is 11.6. The third-order valence-electron chi connectivity index (χ3n) is 3.15. The van der Waals surface area contributed by atoms with Crippen LogP contribution in [-0.4, -0.2) is 22.6 Å². The number of hydrogen-bond acceptors (Lipinski definition) is 4. The maximum Gasteiger partial charge on any atom is 0.312 e. The number of nitro groups is 1. The quantitative estimate of drug-likeness (QED) is 0.640. The van der Waals surface area contributed by atoms with E-state index in [1.165, 1.54) is 6.07 Å². The van der Waals surface area contributed by atoms with Crippen LogP contribution in [0.5, 0.6) is 5.75 Å². The summed E-state index contributed by atoms with van der Waals surface area (Å²) in [6.07, 6.45) is 1.58. The van der Waals surface area contributed by atoms with Gasteiger partial charge in [0.15, 0.2) is 0 Å². The molecule has 0 amide bonds. The minimum atomic E-state index is -0.872. The highest BCUT2D eigenvalue weighted by atomic mass is 79.9. The van der Waals surface area contributed by atoms with Gasteiger partial charge in [-0.1, -0.05) is 6.07 Å². The van der Waals surface area contributed by atoms with E-state index in [-0.39, 0.29) is 29.9 Å². The second-order valence-electron chi connectivity index (χ2n) is 4.70. The summed E-state index contributed by atoms with van der Waals surface area (Å²) >= 11 is 3.21. The summed E-state index contributed by atoms with van der Waals surface area (Å²) < 4.78 is 6.00. The van der Waals surface area contributed by atoms with E-state index in [4.69, 9.17) is 9.84 Å². The molecule has 7 heteroatoms. The molecule has 1 saturated carbocycles. The smallest absolute Gasteiger partial charge is 0.312 e. The summed E-state index contributed by atoms with van der Waals surface area (Å²) in [6, 6.07) is 4.56. The van der Waals surface area contributed by atoms with Gasteiger partial charge in [-0.25, -0.2) is 0 Å². The molecule has 1 aliphatic rings. The molecule has 1 aromatic carbocycles. The first-order chi connectivity index (χ1) is 8.93. The summed E-state index contributed by atoms with van der Waals surface area (Å²) in [5.41, 5.74) is -0.491. The second-order valence-corrected chi connectivity index (χ2v) is 5.56. The Kier molecular flexibility index (Phi) is 3.75. The lowest BCUT2D eigenvalue weighted by Crippen LogP contribution is -2.17. The van der Waals surface area contributed by atoms with Gasteiger partial charge in [0, 0.05) is 11.5 Å². The number of benzene rings is 1. The van der Waals surface area contributed by atoms with Crippen LogP contribution in [0.4, 0.5) is 5.69 Å². The lowest BCUT2D eigenvalue weighted by atomic mass is 10.0. The normalized spacial score (nSPS) is 15.8. The molecule has 0 aliphatic heterocycles. The Bertz CT molecular complexity index is 527. The molecule has 2 rings (SSSR count). The number of halogens is 1. The third-order valence-corrected chi connectivity index (χ3v) is 3.77. The SMILES string of the molecule is O=C(O)CC1(COc2c(Br)cccc2[N+](=O)[O-])CC1. The average Bonchev–Trinajstić information content (AvgIpc) is 3.06. The summed E-state index contributed by atoms with van der Waals surface area (Å²) in [6.45, 7) is 0.183. The van der Waals surface area contributed by atoms with Gasteiger partial charge in [-0.05, 0) is 34.8 Å². The number of hydrogen-bond donors (Lipinski definition) is 1. The van der Waals surface area contributed by atoms with Gasteiger partial charge in [-0.15, -0.1) is 0 Å². The van der Waals surface area contributed by atoms with Gasteiger partial charge in [0.25, 0.3) is 0 Å². The van der Waals surface area contributed by atoms with Gasteiger partial charge >= 0.3 is 11.7 Å². The number of ether oxygens (including phenoxy) is 1. The molecule has 1 aliphatic carbocycles. The summed E-state index contributed by atoms with van der Waals surface area (Å²) in [5.74, 6) is -0.716. The van der Waals surface area contributed by atoms with Crippen molar-refractivity contribution in [2.24, 2.45) is 5.41 Å². The number of nitro benzene ring substituents is 1. The highest BCUT2D eigenvalue weighted by molar-refractivity contribution is 9.10. The molecular formula is C12H12BrNO5. The fourth-order valence-electron chi connectivity index (χ4n) is 1.88. The molecule has 0 bridgehead atoms. The van der Waals surface area contributed by atoms with Crippen LogP contribution >= 0.6 is 15.9 Å². The van der Waals surface area contributed by atoms with Crippen LogP contribution in [0.1, 0.15) is 19.3 Å². The molecule has 1 aromatic rings. The van der Waals surface area contributed by atoms with Crippen LogP contribution in [0.3, 0.4) is 0 Å².